The third-order valence-electron chi connectivity index (χ3n) is 5.76. The first kappa shape index (κ1) is 22.2. The van der Waals surface area contributed by atoms with Gasteiger partial charge in [-0.05, 0) is 38.1 Å². The third-order valence-corrected chi connectivity index (χ3v) is 7.93. The highest BCUT2D eigenvalue weighted by atomic mass is 32.2. The molecule has 0 bridgehead atoms. The number of anilines is 1. The summed E-state index contributed by atoms with van der Waals surface area (Å²) in [6.45, 7) is 7.45. The fraction of sp³-hybridized carbons (Fsp3) is 0.619. The van der Waals surface area contributed by atoms with E-state index in [4.69, 9.17) is 0 Å². The minimum Gasteiger partial charge on any atom is -0.302 e. The molecule has 2 aromatic rings. The van der Waals surface area contributed by atoms with Crippen LogP contribution in [-0.4, -0.2) is 56.6 Å². The minimum atomic E-state index is -3.38. The van der Waals surface area contributed by atoms with E-state index in [0.717, 1.165) is 50.0 Å². The Morgan fingerprint density at radius 2 is 1.83 bits per heavy atom. The van der Waals surface area contributed by atoms with Gasteiger partial charge in [0.25, 0.3) is 0 Å². The molecule has 1 heterocycles. The van der Waals surface area contributed by atoms with E-state index in [-0.39, 0.29) is 16.7 Å². The molecule has 3 rings (SSSR count). The maximum Gasteiger partial charge on any atom is 0.231 e. The van der Waals surface area contributed by atoms with E-state index in [9.17, 15) is 13.2 Å². The molecular weight excluding hydrogens is 406 g/mol. The Morgan fingerprint density at radius 1 is 1.14 bits per heavy atom. The van der Waals surface area contributed by atoms with Gasteiger partial charge in [-0.2, -0.15) is 0 Å². The molecule has 1 aliphatic carbocycles. The quantitative estimate of drug-likeness (QED) is 0.625. The Morgan fingerprint density at radius 3 is 2.45 bits per heavy atom. The van der Waals surface area contributed by atoms with Gasteiger partial charge in [0.05, 0.1) is 9.60 Å². The average molecular weight is 438 g/mol. The summed E-state index contributed by atoms with van der Waals surface area (Å²) in [5, 5.41) is 0.610. The van der Waals surface area contributed by atoms with E-state index in [1.807, 2.05) is 11.0 Å². The second kappa shape index (κ2) is 9.53. The van der Waals surface area contributed by atoms with Crippen molar-refractivity contribution < 1.29 is 13.2 Å². The zero-order valence-electron chi connectivity index (χ0n) is 17.6. The van der Waals surface area contributed by atoms with Crippen molar-refractivity contribution in [3.05, 3.63) is 18.2 Å². The van der Waals surface area contributed by atoms with Crippen LogP contribution in [-0.2, 0) is 14.6 Å². The predicted octanol–water partition coefficient (Wildman–Crippen LogP) is 3.95. The lowest BCUT2D eigenvalue weighted by Gasteiger charge is -2.29. The number of para-hydroxylation sites is 1. The van der Waals surface area contributed by atoms with Crippen LogP contribution in [0.1, 0.15) is 46.0 Å². The zero-order valence-corrected chi connectivity index (χ0v) is 19.2. The van der Waals surface area contributed by atoms with Crippen molar-refractivity contribution in [2.75, 3.05) is 37.3 Å². The van der Waals surface area contributed by atoms with Gasteiger partial charge in [0.2, 0.25) is 5.91 Å². The number of fused-ring (bicyclic) bond motifs is 1. The number of hydrogen-bond donors (Lipinski definition) is 0. The first-order valence-electron chi connectivity index (χ1n) is 10.5. The lowest BCUT2D eigenvalue weighted by atomic mass is 9.88. The molecule has 29 heavy (non-hydrogen) atoms. The Labute approximate surface area is 177 Å². The molecule has 6 nitrogen and oxygen atoms in total. The monoisotopic (exact) mass is 437 g/mol. The van der Waals surface area contributed by atoms with Gasteiger partial charge in [-0.15, -0.1) is 0 Å². The molecule has 1 aromatic heterocycles. The summed E-state index contributed by atoms with van der Waals surface area (Å²) in [5.74, 6) is 0.179. The summed E-state index contributed by atoms with van der Waals surface area (Å²) in [4.78, 5) is 22.4. The molecule has 1 aromatic carbocycles. The summed E-state index contributed by atoms with van der Waals surface area (Å²) in [6.07, 6.45) is 6.45. The van der Waals surface area contributed by atoms with E-state index >= 15 is 0 Å². The molecule has 1 saturated carbocycles. The number of aromatic nitrogens is 1. The molecule has 8 heteroatoms. The van der Waals surface area contributed by atoms with Crippen LogP contribution < -0.4 is 4.90 Å². The van der Waals surface area contributed by atoms with Crippen LogP contribution in [0.3, 0.4) is 0 Å². The molecule has 0 N–H and O–H groups in total. The van der Waals surface area contributed by atoms with Gasteiger partial charge in [-0.1, -0.05) is 50.5 Å². The Bertz CT molecular complexity index is 945. The lowest BCUT2D eigenvalue weighted by molar-refractivity contribution is -0.123. The van der Waals surface area contributed by atoms with Crippen LogP contribution in [0.2, 0.25) is 0 Å². The Kier molecular flexibility index (Phi) is 7.29. The molecule has 0 aliphatic heterocycles. The zero-order chi connectivity index (χ0) is 21.0. The smallest absolute Gasteiger partial charge is 0.231 e. The van der Waals surface area contributed by atoms with Crippen LogP contribution >= 0.6 is 11.3 Å². The topological polar surface area (TPSA) is 70.6 Å². The molecule has 0 unspecified atom stereocenters. The number of sulfone groups is 1. The highest BCUT2D eigenvalue weighted by Gasteiger charge is 2.29. The largest absolute Gasteiger partial charge is 0.302 e. The van der Waals surface area contributed by atoms with E-state index in [1.165, 1.54) is 24.0 Å². The molecule has 0 radical (unpaired) electrons. The number of rotatable bonds is 8. The van der Waals surface area contributed by atoms with Crippen LogP contribution in [0, 0.1) is 5.92 Å². The van der Waals surface area contributed by atoms with E-state index < -0.39 is 9.84 Å². The van der Waals surface area contributed by atoms with Crippen molar-refractivity contribution in [1.29, 1.82) is 0 Å². The summed E-state index contributed by atoms with van der Waals surface area (Å²) in [6, 6.07) is 5.20. The van der Waals surface area contributed by atoms with Gasteiger partial charge < -0.3 is 4.90 Å². The number of carbonyl (C=O) groups excluding carboxylic acids is 1. The van der Waals surface area contributed by atoms with Crippen molar-refractivity contribution in [1.82, 2.24) is 9.88 Å². The summed E-state index contributed by atoms with van der Waals surface area (Å²) in [5.41, 5.74) is 0.472. The molecular formula is C21H31N3O3S2. The van der Waals surface area contributed by atoms with Gasteiger partial charge in [-0.3, -0.25) is 9.69 Å². The fourth-order valence-electron chi connectivity index (χ4n) is 3.98. The Hall–Kier alpha value is -1.51. The SMILES string of the molecule is CCN(CC)CCN(C(=O)C1CCCCC1)c1nc2c(S(C)(=O)=O)cccc2s1. The summed E-state index contributed by atoms with van der Waals surface area (Å²) < 4.78 is 25.2. The molecule has 0 saturated heterocycles. The number of thiazole rings is 1. The van der Waals surface area contributed by atoms with Crippen LogP contribution in [0.4, 0.5) is 5.13 Å². The van der Waals surface area contributed by atoms with Crippen LogP contribution in [0.15, 0.2) is 23.1 Å². The van der Waals surface area contributed by atoms with Crippen molar-refractivity contribution in [3.63, 3.8) is 0 Å². The second-order valence-corrected chi connectivity index (χ2v) is 10.7. The molecule has 0 atom stereocenters. The minimum absolute atomic E-state index is 0.0434. The van der Waals surface area contributed by atoms with Gasteiger partial charge >= 0.3 is 0 Å². The summed E-state index contributed by atoms with van der Waals surface area (Å²) in [7, 11) is -3.38. The predicted molar refractivity (Wildman–Crippen MR) is 119 cm³/mol. The highest BCUT2D eigenvalue weighted by Crippen LogP contribution is 2.34. The first-order valence-corrected chi connectivity index (χ1v) is 13.2. The second-order valence-electron chi connectivity index (χ2n) is 7.72. The molecule has 1 amide bonds. The van der Waals surface area contributed by atoms with Crippen molar-refractivity contribution >= 4 is 42.4 Å². The van der Waals surface area contributed by atoms with Gasteiger partial charge in [0, 0.05) is 25.3 Å². The highest BCUT2D eigenvalue weighted by molar-refractivity contribution is 7.91. The number of nitrogens with zero attached hydrogens (tertiary/aromatic N) is 3. The molecule has 1 aliphatic rings. The number of hydrogen-bond acceptors (Lipinski definition) is 6. The molecule has 160 valence electrons. The average Bonchev–Trinajstić information content (AvgIpc) is 3.14. The fourth-order valence-corrected chi connectivity index (χ4v) is 5.90. The molecule has 0 spiro atoms. The standard InChI is InChI=1S/C21H31N3O3S2/c1-4-23(5-2)14-15-24(20(25)16-10-7-6-8-11-16)21-22-19-17(28-21)12-9-13-18(19)29(3,26)27/h9,12-13,16H,4-8,10-11,14-15H2,1-3H3. The number of amides is 1. The van der Waals surface area contributed by atoms with E-state index in [2.05, 4.69) is 23.7 Å². The normalized spacial score (nSPS) is 15.9. The van der Waals surface area contributed by atoms with Crippen molar-refractivity contribution in [2.45, 2.75) is 50.8 Å². The maximum atomic E-state index is 13.4. The van der Waals surface area contributed by atoms with Gasteiger partial charge in [0.15, 0.2) is 15.0 Å². The number of likely N-dealkylation sites (N-methyl/N-ethyl adjacent to an activating group) is 1. The number of carbonyl (C=O) groups is 1. The lowest BCUT2D eigenvalue weighted by Crippen LogP contribution is -2.42. The first-order chi connectivity index (χ1) is 13.8. The summed E-state index contributed by atoms with van der Waals surface area (Å²) >= 11 is 1.41. The maximum absolute atomic E-state index is 13.4. The van der Waals surface area contributed by atoms with Crippen LogP contribution in [0.5, 0.6) is 0 Å². The third kappa shape index (κ3) is 5.16. The van der Waals surface area contributed by atoms with Crippen molar-refractivity contribution in [3.8, 4) is 0 Å². The number of benzene rings is 1. The van der Waals surface area contributed by atoms with Crippen LogP contribution in [0.25, 0.3) is 10.2 Å². The van der Waals surface area contributed by atoms with Gasteiger partial charge in [-0.25, -0.2) is 13.4 Å². The van der Waals surface area contributed by atoms with Crippen molar-refractivity contribution in [2.24, 2.45) is 5.92 Å². The van der Waals surface area contributed by atoms with Gasteiger partial charge in [0.1, 0.15) is 5.52 Å². The molecule has 1 fully saturated rings. The Balaban J connectivity index is 1.97. The van der Waals surface area contributed by atoms with E-state index in [1.54, 1.807) is 12.1 Å². The van der Waals surface area contributed by atoms with E-state index in [0.29, 0.717) is 17.2 Å².